The Morgan fingerprint density at radius 2 is 1.70 bits per heavy atom. The number of para-hydroxylation sites is 2. The van der Waals surface area contributed by atoms with Crippen molar-refractivity contribution in [1.82, 2.24) is 34.3 Å². The molecule has 7 heteroatoms. The number of imidazole rings is 1. The highest BCUT2D eigenvalue weighted by molar-refractivity contribution is 5.76. The second-order valence-electron chi connectivity index (χ2n) is 9.31. The third kappa shape index (κ3) is 3.09. The highest BCUT2D eigenvalue weighted by Crippen LogP contribution is 2.54. The average Bonchev–Trinajstić information content (AvgIpc) is 3.27. The van der Waals surface area contributed by atoms with Crippen LogP contribution in [0.3, 0.4) is 0 Å². The molecular weight excluding hydrogens is 374 g/mol. The molecule has 0 spiro atoms. The molecule has 0 amide bonds. The van der Waals surface area contributed by atoms with Crippen LogP contribution in [0, 0.1) is 13.8 Å². The Balaban J connectivity index is 1.52. The minimum atomic E-state index is -0.130. The number of hydrogen-bond acceptors (Lipinski definition) is 5. The summed E-state index contributed by atoms with van der Waals surface area (Å²) < 4.78 is 4.09. The quantitative estimate of drug-likeness (QED) is 0.516. The van der Waals surface area contributed by atoms with Gasteiger partial charge < -0.3 is 4.57 Å². The van der Waals surface area contributed by atoms with Gasteiger partial charge in [-0.2, -0.15) is 4.68 Å². The van der Waals surface area contributed by atoms with E-state index < -0.39 is 0 Å². The molecule has 5 rings (SSSR count). The summed E-state index contributed by atoms with van der Waals surface area (Å²) >= 11 is 0. The van der Waals surface area contributed by atoms with Crippen molar-refractivity contribution >= 4 is 11.0 Å². The van der Waals surface area contributed by atoms with Gasteiger partial charge in [0.05, 0.1) is 16.7 Å². The van der Waals surface area contributed by atoms with Crippen molar-refractivity contribution < 1.29 is 0 Å². The Kier molecular flexibility index (Phi) is 4.07. The van der Waals surface area contributed by atoms with Crippen molar-refractivity contribution in [2.75, 3.05) is 0 Å². The molecule has 154 valence electrons. The van der Waals surface area contributed by atoms with E-state index in [0.29, 0.717) is 11.8 Å². The lowest BCUT2D eigenvalue weighted by Crippen LogP contribution is -2.20. The van der Waals surface area contributed by atoms with E-state index >= 15 is 0 Å². The molecule has 0 saturated heterocycles. The molecule has 1 aromatic carbocycles. The second-order valence-corrected chi connectivity index (χ2v) is 9.31. The minimum absolute atomic E-state index is 0.130. The lowest BCUT2D eigenvalue weighted by atomic mass is 9.96. The molecule has 2 atom stereocenters. The summed E-state index contributed by atoms with van der Waals surface area (Å²) in [4.78, 5) is 19.0. The molecule has 1 fully saturated rings. The minimum Gasteiger partial charge on any atom is -0.331 e. The van der Waals surface area contributed by atoms with Crippen LogP contribution in [0.15, 0.2) is 30.3 Å². The first-order chi connectivity index (χ1) is 14.2. The first-order valence-corrected chi connectivity index (χ1v) is 10.4. The molecule has 0 radical (unpaired) electrons. The fourth-order valence-corrected chi connectivity index (χ4v) is 4.24. The fourth-order valence-electron chi connectivity index (χ4n) is 4.24. The van der Waals surface area contributed by atoms with Crippen molar-refractivity contribution in [2.24, 2.45) is 7.05 Å². The van der Waals surface area contributed by atoms with Gasteiger partial charge in [-0.25, -0.2) is 19.9 Å². The van der Waals surface area contributed by atoms with Crippen LogP contribution in [0.1, 0.15) is 68.0 Å². The molecule has 1 aliphatic rings. The normalized spacial score (nSPS) is 18.9. The van der Waals surface area contributed by atoms with Gasteiger partial charge in [0.2, 0.25) is 0 Å². The van der Waals surface area contributed by atoms with Gasteiger partial charge in [-0.1, -0.05) is 32.9 Å². The van der Waals surface area contributed by atoms with Crippen LogP contribution in [-0.4, -0.2) is 34.3 Å². The molecular formula is C23H27N7. The smallest absolute Gasteiger partial charge is 0.159 e. The number of aryl methyl sites for hydroxylation is 3. The van der Waals surface area contributed by atoms with Crippen LogP contribution in [0.2, 0.25) is 0 Å². The van der Waals surface area contributed by atoms with E-state index in [0.717, 1.165) is 46.7 Å². The summed E-state index contributed by atoms with van der Waals surface area (Å²) in [6.07, 6.45) is 1.05. The highest BCUT2D eigenvalue weighted by Gasteiger charge is 2.44. The van der Waals surface area contributed by atoms with E-state index in [4.69, 9.17) is 9.97 Å². The number of aromatic nitrogens is 7. The molecule has 30 heavy (non-hydrogen) atoms. The van der Waals surface area contributed by atoms with Crippen LogP contribution in [0.5, 0.6) is 0 Å². The van der Waals surface area contributed by atoms with Crippen LogP contribution in [0.4, 0.5) is 0 Å². The Morgan fingerprint density at radius 3 is 2.43 bits per heavy atom. The van der Waals surface area contributed by atoms with Gasteiger partial charge >= 0.3 is 0 Å². The van der Waals surface area contributed by atoms with Crippen molar-refractivity contribution in [3.05, 3.63) is 59.3 Å². The van der Waals surface area contributed by atoms with Gasteiger partial charge in [-0.05, 0) is 32.4 Å². The first-order valence-electron chi connectivity index (χ1n) is 10.4. The molecule has 0 bridgehead atoms. The predicted molar refractivity (Wildman–Crippen MR) is 116 cm³/mol. The maximum atomic E-state index is 4.89. The van der Waals surface area contributed by atoms with E-state index in [1.54, 1.807) is 0 Å². The third-order valence-corrected chi connectivity index (χ3v) is 5.77. The maximum absolute atomic E-state index is 4.89. The van der Waals surface area contributed by atoms with Crippen LogP contribution in [-0.2, 0) is 12.5 Å². The fraction of sp³-hybridized carbons (Fsp3) is 0.435. The zero-order chi connectivity index (χ0) is 21.2. The predicted octanol–water partition coefficient (Wildman–Crippen LogP) is 4.13. The molecule has 1 saturated carbocycles. The van der Waals surface area contributed by atoms with E-state index in [1.807, 2.05) is 24.6 Å². The third-order valence-electron chi connectivity index (χ3n) is 5.77. The average molecular weight is 402 g/mol. The molecule has 0 N–H and O–H groups in total. The Hall–Kier alpha value is -3.09. The van der Waals surface area contributed by atoms with Crippen molar-refractivity contribution in [2.45, 2.75) is 58.3 Å². The monoisotopic (exact) mass is 401 g/mol. The van der Waals surface area contributed by atoms with Gasteiger partial charge in [0, 0.05) is 30.4 Å². The summed E-state index contributed by atoms with van der Waals surface area (Å²) in [5.41, 5.74) is 3.15. The number of benzene rings is 1. The summed E-state index contributed by atoms with van der Waals surface area (Å²) in [5, 5.41) is 4.63. The topological polar surface area (TPSA) is 74.3 Å². The molecule has 3 aromatic heterocycles. The van der Waals surface area contributed by atoms with Crippen LogP contribution in [0.25, 0.3) is 16.9 Å². The molecule has 0 aliphatic heterocycles. The van der Waals surface area contributed by atoms with Crippen molar-refractivity contribution in [3.63, 3.8) is 0 Å². The van der Waals surface area contributed by atoms with Crippen LogP contribution >= 0.6 is 0 Å². The van der Waals surface area contributed by atoms with Gasteiger partial charge in [-0.15, -0.1) is 5.10 Å². The number of nitrogens with zero attached hydrogens (tertiary/aromatic N) is 7. The lowest BCUT2D eigenvalue weighted by Gasteiger charge is -2.18. The highest BCUT2D eigenvalue weighted by atomic mass is 15.4. The standard InChI is InChI=1S/C23H27N7/c1-13-24-18(12-20(25-13)30-22(23(3,4)5)26-14(2)28-30)15-11-16(15)21-27-17-9-7-8-10-19(17)29(21)6/h7-10,12,15-16H,11H2,1-6H3/t15-,16-/m1/s1. The summed E-state index contributed by atoms with van der Waals surface area (Å²) in [7, 11) is 2.10. The molecule has 0 unspecified atom stereocenters. The van der Waals surface area contributed by atoms with Gasteiger partial charge in [0.15, 0.2) is 5.82 Å². The van der Waals surface area contributed by atoms with Gasteiger partial charge in [-0.3, -0.25) is 0 Å². The Morgan fingerprint density at radius 1 is 0.933 bits per heavy atom. The van der Waals surface area contributed by atoms with E-state index in [2.05, 4.69) is 71.7 Å². The first kappa shape index (κ1) is 18.9. The van der Waals surface area contributed by atoms with Crippen molar-refractivity contribution in [1.29, 1.82) is 0 Å². The van der Waals surface area contributed by atoms with Crippen LogP contribution < -0.4 is 0 Å². The Bertz CT molecular complexity index is 1260. The zero-order valence-corrected chi connectivity index (χ0v) is 18.4. The van der Waals surface area contributed by atoms with E-state index in [1.165, 1.54) is 5.52 Å². The molecule has 1 aliphatic carbocycles. The molecule has 3 heterocycles. The van der Waals surface area contributed by atoms with E-state index in [9.17, 15) is 0 Å². The summed E-state index contributed by atoms with van der Waals surface area (Å²) in [5.74, 6) is 5.07. The number of hydrogen-bond donors (Lipinski definition) is 0. The zero-order valence-electron chi connectivity index (χ0n) is 18.4. The second kappa shape index (κ2) is 6.45. The SMILES string of the molecule is Cc1nc([C@@H]2C[C@H]2c2nc3ccccc3n2C)cc(-n2nc(C)nc2C(C)(C)C)n1. The largest absolute Gasteiger partial charge is 0.331 e. The molecule has 4 aromatic rings. The maximum Gasteiger partial charge on any atom is 0.159 e. The van der Waals surface area contributed by atoms with E-state index in [-0.39, 0.29) is 5.41 Å². The summed E-state index contributed by atoms with van der Waals surface area (Å²) in [6.45, 7) is 10.3. The molecule has 7 nitrogen and oxygen atoms in total. The number of rotatable bonds is 3. The summed E-state index contributed by atoms with van der Waals surface area (Å²) in [6, 6.07) is 10.4. The van der Waals surface area contributed by atoms with Crippen molar-refractivity contribution in [3.8, 4) is 5.82 Å². The Labute approximate surface area is 176 Å². The number of fused-ring (bicyclic) bond motifs is 1. The van der Waals surface area contributed by atoms with Gasteiger partial charge in [0.25, 0.3) is 0 Å². The lowest BCUT2D eigenvalue weighted by molar-refractivity contribution is 0.522. The van der Waals surface area contributed by atoms with Gasteiger partial charge in [0.1, 0.15) is 23.3 Å².